The minimum Gasteiger partial charge on any atom is -0.299 e. The van der Waals surface area contributed by atoms with Crippen LogP contribution in [0.2, 0.25) is 0 Å². The van der Waals surface area contributed by atoms with E-state index in [9.17, 15) is 4.79 Å². The monoisotopic (exact) mass is 316 g/mol. The molecule has 0 aliphatic rings. The first kappa shape index (κ1) is 12.7. The molecule has 2 heteroatoms. The second-order valence-electron chi connectivity index (χ2n) is 4.06. The molecular weight excluding hydrogens is 299 g/mol. The Labute approximate surface area is 105 Å². The fourth-order valence-corrected chi connectivity index (χ4v) is 2.01. The number of rotatable bonds is 4. The summed E-state index contributed by atoms with van der Waals surface area (Å²) in [5.41, 5.74) is 2.46. The van der Waals surface area contributed by atoms with E-state index in [0.29, 0.717) is 3.92 Å². The van der Waals surface area contributed by atoms with Crippen LogP contribution in [0.15, 0.2) is 24.3 Å². The predicted octanol–water partition coefficient (Wildman–Crippen LogP) is 3.75. The second-order valence-corrected chi connectivity index (χ2v) is 6.19. The summed E-state index contributed by atoms with van der Waals surface area (Å²) in [5, 5.41) is 0. The summed E-state index contributed by atoms with van der Waals surface area (Å²) in [6.45, 7) is 5.80. The van der Waals surface area contributed by atoms with Crippen molar-refractivity contribution in [3.8, 4) is 0 Å². The van der Waals surface area contributed by atoms with Gasteiger partial charge in [-0.3, -0.25) is 4.79 Å². The van der Waals surface area contributed by atoms with Gasteiger partial charge in [0.1, 0.15) is 5.78 Å². The number of ketones is 1. The van der Waals surface area contributed by atoms with Crippen LogP contribution in [0.5, 0.6) is 0 Å². The van der Waals surface area contributed by atoms with Crippen molar-refractivity contribution in [3.05, 3.63) is 35.4 Å². The molecule has 0 N–H and O–H groups in total. The van der Waals surface area contributed by atoms with Crippen LogP contribution >= 0.6 is 22.6 Å². The summed E-state index contributed by atoms with van der Waals surface area (Å²) in [4.78, 5) is 11.2. The maximum absolute atomic E-state index is 11.2. The second kappa shape index (κ2) is 5.64. The average molecular weight is 316 g/mol. The molecule has 1 aromatic carbocycles. The standard InChI is InChI=1S/C13H17IO/c1-9(14)8-12-4-6-13(7-5-12)10(2)11(3)15/h4-7,9-10H,8H2,1-3H3. The van der Waals surface area contributed by atoms with Gasteiger partial charge in [-0.1, -0.05) is 60.7 Å². The van der Waals surface area contributed by atoms with Crippen LogP contribution < -0.4 is 0 Å². The Hall–Kier alpha value is -0.380. The topological polar surface area (TPSA) is 17.1 Å². The lowest BCUT2D eigenvalue weighted by atomic mass is 9.96. The summed E-state index contributed by atoms with van der Waals surface area (Å²) in [7, 11) is 0. The lowest BCUT2D eigenvalue weighted by Crippen LogP contribution is -2.04. The molecule has 82 valence electrons. The van der Waals surface area contributed by atoms with Gasteiger partial charge in [0.15, 0.2) is 0 Å². The molecule has 0 saturated carbocycles. The van der Waals surface area contributed by atoms with Gasteiger partial charge in [0.25, 0.3) is 0 Å². The molecule has 0 aromatic heterocycles. The van der Waals surface area contributed by atoms with Gasteiger partial charge < -0.3 is 0 Å². The Kier molecular flexibility index (Phi) is 4.77. The summed E-state index contributed by atoms with van der Waals surface area (Å²) < 4.78 is 0.652. The summed E-state index contributed by atoms with van der Waals surface area (Å²) in [6.07, 6.45) is 1.09. The highest BCUT2D eigenvalue weighted by Gasteiger charge is 2.09. The van der Waals surface area contributed by atoms with Gasteiger partial charge in [-0.2, -0.15) is 0 Å². The van der Waals surface area contributed by atoms with E-state index in [4.69, 9.17) is 0 Å². The molecule has 1 aromatic rings. The van der Waals surface area contributed by atoms with Crippen LogP contribution in [0, 0.1) is 0 Å². The van der Waals surface area contributed by atoms with Gasteiger partial charge in [-0.05, 0) is 24.5 Å². The molecule has 2 atom stereocenters. The van der Waals surface area contributed by atoms with Gasteiger partial charge in [-0.15, -0.1) is 0 Å². The Bertz CT molecular complexity index is 327. The third-order valence-corrected chi connectivity index (χ3v) is 3.05. The summed E-state index contributed by atoms with van der Waals surface area (Å²) in [6, 6.07) is 8.40. The molecule has 0 radical (unpaired) electrons. The number of benzene rings is 1. The maximum atomic E-state index is 11.2. The number of halogens is 1. The third-order valence-electron chi connectivity index (χ3n) is 2.61. The first-order valence-electron chi connectivity index (χ1n) is 5.24. The molecule has 1 nitrogen and oxygen atoms in total. The van der Waals surface area contributed by atoms with Crippen molar-refractivity contribution in [3.63, 3.8) is 0 Å². The highest BCUT2D eigenvalue weighted by Crippen LogP contribution is 2.18. The average Bonchev–Trinajstić information content (AvgIpc) is 2.17. The van der Waals surface area contributed by atoms with Crippen molar-refractivity contribution in [2.75, 3.05) is 0 Å². The Morgan fingerprint density at radius 3 is 2.20 bits per heavy atom. The van der Waals surface area contributed by atoms with Gasteiger partial charge in [-0.25, -0.2) is 0 Å². The first-order valence-corrected chi connectivity index (χ1v) is 6.48. The van der Waals surface area contributed by atoms with E-state index in [0.717, 1.165) is 12.0 Å². The number of Topliss-reactive ketones (excluding diaryl/α,β-unsaturated/α-hetero) is 1. The largest absolute Gasteiger partial charge is 0.299 e. The van der Waals surface area contributed by atoms with Gasteiger partial charge in [0, 0.05) is 9.84 Å². The van der Waals surface area contributed by atoms with Crippen LogP contribution in [0.25, 0.3) is 0 Å². The molecule has 0 aliphatic carbocycles. The Morgan fingerprint density at radius 2 is 1.80 bits per heavy atom. The smallest absolute Gasteiger partial charge is 0.136 e. The van der Waals surface area contributed by atoms with Gasteiger partial charge in [0.05, 0.1) is 0 Å². The highest BCUT2D eigenvalue weighted by molar-refractivity contribution is 14.1. The van der Waals surface area contributed by atoms with E-state index in [1.165, 1.54) is 5.56 Å². The van der Waals surface area contributed by atoms with Crippen LogP contribution in [0.1, 0.15) is 37.8 Å². The summed E-state index contributed by atoms with van der Waals surface area (Å²) >= 11 is 2.42. The number of carbonyl (C=O) groups excluding carboxylic acids is 1. The third kappa shape index (κ3) is 3.93. The molecule has 0 saturated heterocycles. The van der Waals surface area contributed by atoms with E-state index in [2.05, 4.69) is 53.8 Å². The van der Waals surface area contributed by atoms with E-state index in [-0.39, 0.29) is 11.7 Å². The van der Waals surface area contributed by atoms with Crippen molar-refractivity contribution in [2.45, 2.75) is 37.0 Å². The van der Waals surface area contributed by atoms with E-state index >= 15 is 0 Å². The Balaban J connectivity index is 2.76. The van der Waals surface area contributed by atoms with Crippen molar-refractivity contribution < 1.29 is 4.79 Å². The van der Waals surface area contributed by atoms with Crippen LogP contribution in [-0.2, 0) is 11.2 Å². The van der Waals surface area contributed by atoms with Crippen LogP contribution in [-0.4, -0.2) is 9.71 Å². The summed E-state index contributed by atoms with van der Waals surface area (Å²) in [5.74, 6) is 0.251. The number of alkyl halides is 1. The van der Waals surface area contributed by atoms with E-state index in [1.54, 1.807) is 6.92 Å². The quantitative estimate of drug-likeness (QED) is 0.611. The predicted molar refractivity (Wildman–Crippen MR) is 72.7 cm³/mol. The van der Waals surface area contributed by atoms with Crippen molar-refractivity contribution in [1.82, 2.24) is 0 Å². The fraction of sp³-hybridized carbons (Fsp3) is 0.462. The zero-order chi connectivity index (χ0) is 11.4. The molecule has 0 heterocycles. The number of hydrogen-bond acceptors (Lipinski definition) is 1. The van der Waals surface area contributed by atoms with Crippen LogP contribution in [0.3, 0.4) is 0 Å². The van der Waals surface area contributed by atoms with Crippen molar-refractivity contribution >= 4 is 28.4 Å². The van der Waals surface area contributed by atoms with Crippen molar-refractivity contribution in [2.24, 2.45) is 0 Å². The fourth-order valence-electron chi connectivity index (χ4n) is 1.50. The molecule has 0 amide bonds. The molecule has 0 fully saturated rings. The molecular formula is C13H17IO. The molecule has 0 spiro atoms. The minimum atomic E-state index is 0.0241. The number of hydrogen-bond donors (Lipinski definition) is 0. The highest BCUT2D eigenvalue weighted by atomic mass is 127. The van der Waals surface area contributed by atoms with Gasteiger partial charge >= 0.3 is 0 Å². The van der Waals surface area contributed by atoms with Crippen molar-refractivity contribution in [1.29, 1.82) is 0 Å². The lowest BCUT2D eigenvalue weighted by molar-refractivity contribution is -0.118. The minimum absolute atomic E-state index is 0.0241. The SMILES string of the molecule is CC(=O)C(C)c1ccc(CC(C)I)cc1. The normalized spacial score (nSPS) is 14.7. The van der Waals surface area contributed by atoms with Crippen LogP contribution in [0.4, 0.5) is 0 Å². The van der Waals surface area contributed by atoms with E-state index < -0.39 is 0 Å². The van der Waals surface area contributed by atoms with Gasteiger partial charge in [0.2, 0.25) is 0 Å². The maximum Gasteiger partial charge on any atom is 0.136 e. The molecule has 1 rings (SSSR count). The zero-order valence-electron chi connectivity index (χ0n) is 9.46. The molecule has 0 aliphatic heterocycles. The first-order chi connectivity index (χ1) is 7.00. The molecule has 2 unspecified atom stereocenters. The Morgan fingerprint density at radius 1 is 1.27 bits per heavy atom. The zero-order valence-corrected chi connectivity index (χ0v) is 11.6. The number of carbonyl (C=O) groups is 1. The molecule has 0 bridgehead atoms. The van der Waals surface area contributed by atoms with E-state index in [1.807, 2.05) is 6.92 Å². The molecule has 15 heavy (non-hydrogen) atoms. The lowest BCUT2D eigenvalue weighted by Gasteiger charge is -2.09.